The molecule has 0 saturated carbocycles. The molecular formula is C38H29Br. The quantitative estimate of drug-likeness (QED) is 0.186. The van der Waals surface area contributed by atoms with Gasteiger partial charge in [0.25, 0.3) is 0 Å². The van der Waals surface area contributed by atoms with Gasteiger partial charge in [0.15, 0.2) is 0 Å². The van der Waals surface area contributed by atoms with Crippen LogP contribution in [0.15, 0.2) is 108 Å². The minimum atomic E-state index is -0.0996. The number of halogens is 1. The fourth-order valence-electron chi connectivity index (χ4n) is 7.38. The lowest BCUT2D eigenvalue weighted by Crippen LogP contribution is -2.17. The Balaban J connectivity index is 1.42. The summed E-state index contributed by atoms with van der Waals surface area (Å²) in [6, 6.07) is 38.9. The molecule has 0 amide bonds. The number of benzene rings is 6. The predicted octanol–water partition coefficient (Wildman–Crippen LogP) is 11.0. The number of hydrogen-bond acceptors (Lipinski definition) is 0. The molecule has 0 atom stereocenters. The van der Waals surface area contributed by atoms with Gasteiger partial charge in [-0.25, -0.2) is 0 Å². The molecule has 6 aromatic carbocycles. The fourth-order valence-corrected chi connectivity index (χ4v) is 7.74. The molecular weight excluding hydrogens is 536 g/mol. The summed E-state index contributed by atoms with van der Waals surface area (Å²) in [5.41, 5.74) is 13.7. The SMILES string of the molecule is CC1(C)c2cc(Br)ccc2-c2cc3c(cc21)-c1c(cc(-c2ccc4ccccc4c2)c2ccccc12)C3(C)C. The molecule has 188 valence electrons. The molecule has 8 rings (SSSR count). The van der Waals surface area contributed by atoms with E-state index in [-0.39, 0.29) is 10.8 Å². The number of fused-ring (bicyclic) bond motifs is 9. The van der Waals surface area contributed by atoms with Gasteiger partial charge in [-0.05, 0) is 114 Å². The first-order valence-electron chi connectivity index (χ1n) is 13.8. The highest BCUT2D eigenvalue weighted by Crippen LogP contribution is 2.58. The van der Waals surface area contributed by atoms with Crippen LogP contribution in [0.25, 0.3) is 54.9 Å². The minimum absolute atomic E-state index is 0.0444. The van der Waals surface area contributed by atoms with Gasteiger partial charge < -0.3 is 0 Å². The molecule has 0 heterocycles. The molecule has 0 radical (unpaired) electrons. The molecule has 6 aromatic rings. The van der Waals surface area contributed by atoms with Gasteiger partial charge in [0, 0.05) is 15.3 Å². The van der Waals surface area contributed by atoms with Gasteiger partial charge in [0.1, 0.15) is 0 Å². The van der Waals surface area contributed by atoms with Crippen LogP contribution >= 0.6 is 15.9 Å². The van der Waals surface area contributed by atoms with Crippen LogP contribution in [0.5, 0.6) is 0 Å². The van der Waals surface area contributed by atoms with Gasteiger partial charge in [-0.15, -0.1) is 0 Å². The maximum Gasteiger partial charge on any atom is 0.0178 e. The molecule has 0 bridgehead atoms. The standard InChI is InChI=1S/C38H29Br/c1-37(2)32-18-25(39)15-16-27(32)30-20-34-31(21-33(30)37)36-28-12-8-7-11-26(28)29(19-35(36)38(34,3)4)24-14-13-22-9-5-6-10-23(22)17-24/h5-21H,1-4H3. The molecule has 0 aliphatic heterocycles. The molecule has 0 saturated heterocycles. The highest BCUT2D eigenvalue weighted by Gasteiger charge is 2.42. The van der Waals surface area contributed by atoms with Crippen molar-refractivity contribution < 1.29 is 0 Å². The van der Waals surface area contributed by atoms with E-state index in [1.165, 1.54) is 77.2 Å². The molecule has 0 nitrogen and oxygen atoms in total. The van der Waals surface area contributed by atoms with Gasteiger partial charge in [-0.1, -0.05) is 110 Å². The lowest BCUT2D eigenvalue weighted by atomic mass is 9.79. The van der Waals surface area contributed by atoms with E-state index in [4.69, 9.17) is 0 Å². The zero-order valence-electron chi connectivity index (χ0n) is 22.7. The molecule has 0 aromatic heterocycles. The second-order valence-corrected chi connectivity index (χ2v) is 13.3. The molecule has 0 spiro atoms. The summed E-state index contributed by atoms with van der Waals surface area (Å²) in [5, 5.41) is 5.23. The van der Waals surface area contributed by atoms with Gasteiger partial charge in [0.2, 0.25) is 0 Å². The third kappa shape index (κ3) is 3.06. The average Bonchev–Trinajstić information content (AvgIpc) is 3.30. The van der Waals surface area contributed by atoms with Crippen molar-refractivity contribution >= 4 is 37.5 Å². The van der Waals surface area contributed by atoms with E-state index >= 15 is 0 Å². The van der Waals surface area contributed by atoms with Crippen LogP contribution in [0.2, 0.25) is 0 Å². The lowest BCUT2D eigenvalue weighted by molar-refractivity contribution is 0.652. The summed E-state index contributed by atoms with van der Waals surface area (Å²) in [4.78, 5) is 0. The third-order valence-corrected chi connectivity index (χ3v) is 9.99. The van der Waals surface area contributed by atoms with Crippen molar-refractivity contribution in [2.45, 2.75) is 38.5 Å². The zero-order valence-corrected chi connectivity index (χ0v) is 24.3. The normalized spacial score (nSPS) is 15.7. The Hall–Kier alpha value is -3.68. The van der Waals surface area contributed by atoms with Crippen LogP contribution in [0.4, 0.5) is 0 Å². The second-order valence-electron chi connectivity index (χ2n) is 12.3. The van der Waals surface area contributed by atoms with Crippen LogP contribution in [-0.2, 0) is 10.8 Å². The van der Waals surface area contributed by atoms with Crippen LogP contribution in [0.3, 0.4) is 0 Å². The van der Waals surface area contributed by atoms with Crippen molar-refractivity contribution in [1.29, 1.82) is 0 Å². The number of rotatable bonds is 1. The van der Waals surface area contributed by atoms with E-state index in [0.29, 0.717) is 0 Å². The first-order valence-corrected chi connectivity index (χ1v) is 14.6. The van der Waals surface area contributed by atoms with E-state index < -0.39 is 0 Å². The lowest BCUT2D eigenvalue weighted by Gasteiger charge is -2.24. The van der Waals surface area contributed by atoms with Gasteiger partial charge in [-0.3, -0.25) is 0 Å². The molecule has 2 aliphatic carbocycles. The highest BCUT2D eigenvalue weighted by molar-refractivity contribution is 9.10. The molecule has 0 fully saturated rings. The Kier molecular flexibility index (Phi) is 4.59. The summed E-state index contributed by atoms with van der Waals surface area (Å²) in [5.74, 6) is 0. The van der Waals surface area contributed by atoms with E-state index in [1.54, 1.807) is 0 Å². The average molecular weight is 566 g/mol. The van der Waals surface area contributed by atoms with E-state index in [0.717, 1.165) is 4.47 Å². The molecule has 0 unspecified atom stereocenters. The Labute approximate surface area is 238 Å². The van der Waals surface area contributed by atoms with E-state index in [1.807, 2.05) is 0 Å². The summed E-state index contributed by atoms with van der Waals surface area (Å²) < 4.78 is 1.15. The van der Waals surface area contributed by atoms with Crippen LogP contribution in [-0.4, -0.2) is 0 Å². The molecule has 39 heavy (non-hydrogen) atoms. The Morgan fingerprint density at radius 1 is 0.462 bits per heavy atom. The van der Waals surface area contributed by atoms with E-state index in [2.05, 4.69) is 147 Å². The smallest absolute Gasteiger partial charge is 0.0178 e. The maximum absolute atomic E-state index is 3.72. The van der Waals surface area contributed by atoms with Crippen LogP contribution < -0.4 is 0 Å². The predicted molar refractivity (Wildman–Crippen MR) is 170 cm³/mol. The van der Waals surface area contributed by atoms with Crippen molar-refractivity contribution in [3.05, 3.63) is 130 Å². The molecule has 2 aliphatic rings. The molecule has 0 N–H and O–H groups in total. The minimum Gasteiger partial charge on any atom is -0.0616 e. The van der Waals surface area contributed by atoms with Crippen molar-refractivity contribution in [1.82, 2.24) is 0 Å². The zero-order chi connectivity index (χ0) is 26.7. The van der Waals surface area contributed by atoms with Gasteiger partial charge in [0.05, 0.1) is 0 Å². The maximum atomic E-state index is 3.72. The van der Waals surface area contributed by atoms with Crippen molar-refractivity contribution in [2.24, 2.45) is 0 Å². The largest absolute Gasteiger partial charge is 0.0616 e. The summed E-state index contributed by atoms with van der Waals surface area (Å²) in [7, 11) is 0. The van der Waals surface area contributed by atoms with Gasteiger partial charge in [-0.2, -0.15) is 0 Å². The first kappa shape index (κ1) is 23.2. The summed E-state index contributed by atoms with van der Waals surface area (Å²) in [6.45, 7) is 9.56. The Morgan fingerprint density at radius 3 is 1.90 bits per heavy atom. The third-order valence-electron chi connectivity index (χ3n) is 9.50. The van der Waals surface area contributed by atoms with Crippen LogP contribution in [0.1, 0.15) is 49.9 Å². The fraction of sp³-hybridized carbons (Fsp3) is 0.158. The van der Waals surface area contributed by atoms with Crippen molar-refractivity contribution in [3.63, 3.8) is 0 Å². The van der Waals surface area contributed by atoms with Crippen molar-refractivity contribution in [2.75, 3.05) is 0 Å². The first-order chi connectivity index (χ1) is 18.7. The summed E-state index contributed by atoms with van der Waals surface area (Å²) >= 11 is 3.72. The van der Waals surface area contributed by atoms with Gasteiger partial charge >= 0.3 is 0 Å². The Bertz CT molecular complexity index is 2020. The summed E-state index contributed by atoms with van der Waals surface area (Å²) in [6.07, 6.45) is 0. The number of hydrogen-bond donors (Lipinski definition) is 0. The van der Waals surface area contributed by atoms with E-state index in [9.17, 15) is 0 Å². The van der Waals surface area contributed by atoms with Crippen molar-refractivity contribution in [3.8, 4) is 33.4 Å². The molecule has 1 heteroatoms. The topological polar surface area (TPSA) is 0 Å². The Morgan fingerprint density at radius 2 is 1.08 bits per heavy atom. The highest BCUT2D eigenvalue weighted by atomic mass is 79.9. The van der Waals surface area contributed by atoms with Crippen LogP contribution in [0, 0.1) is 0 Å². The monoisotopic (exact) mass is 564 g/mol. The second kappa shape index (κ2) is 7.71.